The van der Waals surface area contributed by atoms with Crippen LogP contribution >= 0.6 is 0 Å². The number of rotatable bonds is 3. The van der Waals surface area contributed by atoms with Crippen LogP contribution in [0.4, 0.5) is 4.39 Å². The molecular weight excluding hydrogens is 203 g/mol. The predicted octanol–water partition coefficient (Wildman–Crippen LogP) is 0.661. The van der Waals surface area contributed by atoms with Crippen LogP contribution in [0.25, 0.3) is 11.5 Å². The van der Waals surface area contributed by atoms with E-state index >= 15 is 0 Å². The summed E-state index contributed by atoms with van der Waals surface area (Å²) in [5, 5.41) is 3.63. The topological polar surface area (TPSA) is 87.1 Å². The molecule has 7 heteroatoms. The molecule has 15 heavy (non-hydrogen) atoms. The van der Waals surface area contributed by atoms with Crippen molar-refractivity contribution in [1.29, 1.82) is 0 Å². The second-order valence-corrected chi connectivity index (χ2v) is 2.68. The second kappa shape index (κ2) is 4.11. The molecule has 2 aromatic rings. The number of nitrogens with zero attached hydrogens (tertiary/aromatic N) is 3. The van der Waals surface area contributed by atoms with Crippen molar-refractivity contribution in [3.63, 3.8) is 0 Å². The fourth-order valence-corrected chi connectivity index (χ4v) is 0.997. The van der Waals surface area contributed by atoms with Crippen molar-refractivity contribution >= 4 is 0 Å². The third kappa shape index (κ3) is 2.14. The highest BCUT2D eigenvalue weighted by Crippen LogP contribution is 2.12. The highest BCUT2D eigenvalue weighted by atomic mass is 19.1. The quantitative estimate of drug-likeness (QED) is 0.749. The summed E-state index contributed by atoms with van der Waals surface area (Å²) >= 11 is 0. The van der Waals surface area contributed by atoms with Crippen LogP contribution in [0.5, 0.6) is 0 Å². The van der Waals surface area contributed by atoms with Gasteiger partial charge in [0.2, 0.25) is 5.82 Å². The zero-order valence-corrected chi connectivity index (χ0v) is 7.55. The van der Waals surface area contributed by atoms with Gasteiger partial charge in [-0.05, 0) is 12.1 Å². The van der Waals surface area contributed by atoms with E-state index in [9.17, 15) is 4.39 Å². The van der Waals surface area contributed by atoms with Crippen LogP contribution in [-0.4, -0.2) is 15.1 Å². The van der Waals surface area contributed by atoms with Crippen molar-refractivity contribution in [2.45, 2.75) is 6.61 Å². The fourth-order valence-electron chi connectivity index (χ4n) is 0.997. The van der Waals surface area contributed by atoms with Gasteiger partial charge in [0, 0.05) is 0 Å². The van der Waals surface area contributed by atoms with Gasteiger partial charge in [0.25, 0.3) is 5.89 Å². The van der Waals surface area contributed by atoms with Gasteiger partial charge in [-0.1, -0.05) is 5.16 Å². The summed E-state index contributed by atoms with van der Waals surface area (Å²) in [5.74, 6) is 4.91. The Kier molecular flexibility index (Phi) is 2.66. The summed E-state index contributed by atoms with van der Waals surface area (Å²) in [5.41, 5.74) is 0.420. The van der Waals surface area contributed by atoms with Gasteiger partial charge in [-0.25, -0.2) is 15.3 Å². The molecule has 2 N–H and O–H groups in total. The minimum absolute atomic E-state index is 0.0220. The van der Waals surface area contributed by atoms with E-state index in [0.29, 0.717) is 5.69 Å². The van der Waals surface area contributed by atoms with Crippen molar-refractivity contribution in [2.75, 3.05) is 0 Å². The molecule has 0 fully saturated rings. The molecule has 0 radical (unpaired) electrons. The van der Waals surface area contributed by atoms with Crippen LogP contribution in [0.1, 0.15) is 5.89 Å². The van der Waals surface area contributed by atoms with Gasteiger partial charge in [0.05, 0.1) is 6.20 Å². The van der Waals surface area contributed by atoms with Gasteiger partial charge < -0.3 is 4.52 Å². The fraction of sp³-hybridized carbons (Fsp3) is 0.125. The van der Waals surface area contributed by atoms with E-state index in [1.165, 1.54) is 12.1 Å². The molecule has 0 unspecified atom stereocenters. The Morgan fingerprint density at radius 1 is 1.47 bits per heavy atom. The molecule has 0 saturated carbocycles. The summed E-state index contributed by atoms with van der Waals surface area (Å²) in [6.07, 6.45) is 1.07. The molecule has 2 rings (SSSR count). The summed E-state index contributed by atoms with van der Waals surface area (Å²) < 4.78 is 17.4. The average molecular weight is 210 g/mol. The number of aromatic nitrogens is 3. The van der Waals surface area contributed by atoms with Gasteiger partial charge in [-0.15, -0.1) is 0 Å². The van der Waals surface area contributed by atoms with Crippen LogP contribution in [0.3, 0.4) is 0 Å². The SMILES string of the molecule is NOCc1nc(-c2ccc(F)cn2)no1. The lowest BCUT2D eigenvalue weighted by Gasteiger charge is -1.91. The van der Waals surface area contributed by atoms with Gasteiger partial charge in [-0.3, -0.25) is 4.84 Å². The third-order valence-electron chi connectivity index (χ3n) is 1.63. The van der Waals surface area contributed by atoms with Gasteiger partial charge in [0.1, 0.15) is 18.1 Å². The first kappa shape index (κ1) is 9.69. The lowest BCUT2D eigenvalue weighted by atomic mass is 10.3. The van der Waals surface area contributed by atoms with Crippen molar-refractivity contribution in [3.05, 3.63) is 30.0 Å². The maximum absolute atomic E-state index is 12.6. The number of halogens is 1. The van der Waals surface area contributed by atoms with Gasteiger partial charge >= 0.3 is 0 Å². The summed E-state index contributed by atoms with van der Waals surface area (Å²) in [4.78, 5) is 12.0. The Bertz CT molecular complexity index is 442. The molecule has 0 aliphatic carbocycles. The average Bonchev–Trinajstić information content (AvgIpc) is 2.68. The first-order valence-electron chi connectivity index (χ1n) is 4.06. The first-order valence-corrected chi connectivity index (χ1v) is 4.06. The highest BCUT2D eigenvalue weighted by Gasteiger charge is 2.09. The molecule has 78 valence electrons. The first-order chi connectivity index (χ1) is 7.29. The molecule has 0 aromatic carbocycles. The monoisotopic (exact) mass is 210 g/mol. The summed E-state index contributed by atoms with van der Waals surface area (Å²) in [6.45, 7) is 0.0220. The van der Waals surface area contributed by atoms with E-state index in [0.717, 1.165) is 6.20 Å². The molecular formula is C8H7FN4O2. The minimum atomic E-state index is -0.423. The largest absolute Gasteiger partial charge is 0.336 e. The lowest BCUT2D eigenvalue weighted by Crippen LogP contribution is -1.98. The molecule has 6 nitrogen and oxygen atoms in total. The third-order valence-corrected chi connectivity index (χ3v) is 1.63. The molecule has 0 bridgehead atoms. The number of hydrogen-bond donors (Lipinski definition) is 1. The molecule has 2 aromatic heterocycles. The maximum Gasteiger partial charge on any atom is 0.255 e. The number of hydrogen-bond acceptors (Lipinski definition) is 6. The second-order valence-electron chi connectivity index (χ2n) is 2.68. The molecule has 0 spiro atoms. The zero-order chi connectivity index (χ0) is 10.7. The van der Waals surface area contributed by atoms with Crippen molar-refractivity contribution in [2.24, 2.45) is 5.90 Å². The van der Waals surface area contributed by atoms with Crippen molar-refractivity contribution in [1.82, 2.24) is 15.1 Å². The van der Waals surface area contributed by atoms with Crippen LogP contribution in [-0.2, 0) is 11.4 Å². The molecule has 0 atom stereocenters. The predicted molar refractivity (Wildman–Crippen MR) is 46.5 cm³/mol. The molecule has 0 amide bonds. The summed E-state index contributed by atoms with van der Waals surface area (Å²) in [7, 11) is 0. The Morgan fingerprint density at radius 2 is 2.33 bits per heavy atom. The smallest absolute Gasteiger partial charge is 0.255 e. The van der Waals surface area contributed by atoms with E-state index in [-0.39, 0.29) is 18.3 Å². The highest BCUT2D eigenvalue weighted by molar-refractivity contribution is 5.47. The van der Waals surface area contributed by atoms with Crippen LogP contribution in [0.15, 0.2) is 22.9 Å². The standard InChI is InChI=1S/C8H7FN4O2/c9-5-1-2-6(11-3-5)8-12-7(4-14-10)15-13-8/h1-3H,4,10H2. The lowest BCUT2D eigenvalue weighted by molar-refractivity contribution is 0.0996. The van der Waals surface area contributed by atoms with Crippen LogP contribution in [0.2, 0.25) is 0 Å². The van der Waals surface area contributed by atoms with E-state index in [1.807, 2.05) is 0 Å². The Balaban J connectivity index is 2.25. The minimum Gasteiger partial charge on any atom is -0.336 e. The van der Waals surface area contributed by atoms with Crippen LogP contribution in [0, 0.1) is 5.82 Å². The Labute approximate surface area is 83.8 Å². The molecule has 2 heterocycles. The van der Waals surface area contributed by atoms with E-state index in [4.69, 9.17) is 10.4 Å². The summed E-state index contributed by atoms with van der Waals surface area (Å²) in [6, 6.07) is 2.71. The Morgan fingerprint density at radius 3 is 3.00 bits per heavy atom. The van der Waals surface area contributed by atoms with Crippen molar-refractivity contribution < 1.29 is 13.8 Å². The van der Waals surface area contributed by atoms with Gasteiger partial charge in [0.15, 0.2) is 0 Å². The Hall–Kier alpha value is -1.86. The number of nitrogens with two attached hydrogens (primary N) is 1. The normalized spacial score (nSPS) is 10.5. The van der Waals surface area contributed by atoms with E-state index in [2.05, 4.69) is 20.0 Å². The van der Waals surface area contributed by atoms with Crippen LogP contribution < -0.4 is 5.90 Å². The molecule has 0 aliphatic rings. The van der Waals surface area contributed by atoms with Gasteiger partial charge in [-0.2, -0.15) is 4.98 Å². The zero-order valence-electron chi connectivity index (χ0n) is 7.55. The van der Waals surface area contributed by atoms with E-state index in [1.54, 1.807) is 0 Å². The number of pyridine rings is 1. The maximum atomic E-state index is 12.6. The molecule has 0 aliphatic heterocycles. The molecule has 0 saturated heterocycles. The van der Waals surface area contributed by atoms with Crippen molar-refractivity contribution in [3.8, 4) is 11.5 Å². The van der Waals surface area contributed by atoms with E-state index < -0.39 is 5.82 Å².